The molecular weight excluding hydrogens is 348 g/mol. The number of piperidine rings is 3. The first-order chi connectivity index (χ1) is 11.3. The number of fused-ring (bicyclic) bond motifs is 5. The summed E-state index contributed by atoms with van der Waals surface area (Å²) < 4.78 is 11.9. The molecule has 1 amide bonds. The number of ether oxygens (including phenoxy) is 2. The maximum absolute atomic E-state index is 12.6. The summed E-state index contributed by atoms with van der Waals surface area (Å²) in [5.74, 6) is 2.22. The average Bonchev–Trinajstić information content (AvgIpc) is 3.19. The first-order valence-electron chi connectivity index (χ1n) is 8.13. The van der Waals surface area contributed by atoms with E-state index in [4.69, 9.17) is 9.47 Å². The summed E-state index contributed by atoms with van der Waals surface area (Å²) in [6.07, 6.45) is 2.41. The zero-order chi connectivity index (χ0) is 15.4. The molecule has 5 nitrogen and oxygen atoms in total. The van der Waals surface area contributed by atoms with Gasteiger partial charge in [0.1, 0.15) is 0 Å². The molecule has 4 aliphatic rings. The van der Waals surface area contributed by atoms with Crippen molar-refractivity contribution < 1.29 is 14.3 Å². The van der Waals surface area contributed by atoms with Crippen molar-refractivity contribution in [3.05, 3.63) is 23.1 Å². The van der Waals surface area contributed by atoms with Crippen LogP contribution in [0.25, 0.3) is 10.1 Å². The second kappa shape index (κ2) is 6.10. The lowest BCUT2D eigenvalue weighted by molar-refractivity contribution is 0.0622. The first-order valence-corrected chi connectivity index (χ1v) is 8.94. The van der Waals surface area contributed by atoms with Crippen LogP contribution in [0.4, 0.5) is 0 Å². The van der Waals surface area contributed by atoms with Crippen molar-refractivity contribution >= 4 is 39.7 Å². The first kappa shape index (κ1) is 16.0. The second-order valence-electron chi connectivity index (χ2n) is 6.57. The molecule has 1 aromatic heterocycles. The number of hydrogen-bond acceptors (Lipinski definition) is 5. The molecule has 0 unspecified atom stereocenters. The molecule has 6 rings (SSSR count). The monoisotopic (exact) mass is 366 g/mol. The van der Waals surface area contributed by atoms with Crippen molar-refractivity contribution in [1.82, 2.24) is 10.2 Å². The van der Waals surface area contributed by atoms with Crippen molar-refractivity contribution in [3.63, 3.8) is 0 Å². The highest BCUT2D eigenvalue weighted by Gasteiger charge is 2.35. The molecule has 0 saturated carbocycles. The van der Waals surface area contributed by atoms with Gasteiger partial charge in [-0.05, 0) is 49.4 Å². The lowest BCUT2D eigenvalue weighted by Crippen LogP contribution is -2.57. The summed E-state index contributed by atoms with van der Waals surface area (Å²) >= 11 is 1.52. The maximum atomic E-state index is 12.6. The predicted molar refractivity (Wildman–Crippen MR) is 95.6 cm³/mol. The summed E-state index contributed by atoms with van der Waals surface area (Å²) in [7, 11) is 0. The molecule has 0 spiro atoms. The van der Waals surface area contributed by atoms with E-state index in [-0.39, 0.29) is 25.1 Å². The van der Waals surface area contributed by atoms with E-state index < -0.39 is 0 Å². The topological polar surface area (TPSA) is 50.8 Å². The molecule has 2 aromatic rings. The molecule has 7 heteroatoms. The molecule has 5 heterocycles. The van der Waals surface area contributed by atoms with Crippen LogP contribution in [0, 0.1) is 5.92 Å². The van der Waals surface area contributed by atoms with Gasteiger partial charge < -0.3 is 19.7 Å². The number of carbonyl (C=O) groups excluding carboxylic acids is 1. The number of nitrogens with zero attached hydrogens (tertiary/aromatic N) is 1. The molecule has 3 saturated heterocycles. The van der Waals surface area contributed by atoms with Gasteiger partial charge in [-0.25, -0.2) is 0 Å². The van der Waals surface area contributed by atoms with Gasteiger partial charge in [0.05, 0.1) is 4.88 Å². The molecule has 1 atom stereocenters. The van der Waals surface area contributed by atoms with Crippen molar-refractivity contribution in [2.75, 3.05) is 26.4 Å². The molecule has 24 heavy (non-hydrogen) atoms. The van der Waals surface area contributed by atoms with E-state index in [1.54, 1.807) is 0 Å². The Hall–Kier alpha value is -1.50. The van der Waals surface area contributed by atoms with Crippen LogP contribution in [0.3, 0.4) is 0 Å². The number of thiophene rings is 1. The van der Waals surface area contributed by atoms with Crippen molar-refractivity contribution in [3.8, 4) is 11.5 Å². The molecule has 128 valence electrons. The number of hydrogen-bond donors (Lipinski definition) is 1. The Bertz CT molecular complexity index is 744. The minimum absolute atomic E-state index is 0. The molecule has 4 aliphatic heterocycles. The van der Waals surface area contributed by atoms with E-state index in [0.717, 1.165) is 33.0 Å². The smallest absolute Gasteiger partial charge is 0.261 e. The van der Waals surface area contributed by atoms with E-state index in [1.807, 2.05) is 18.2 Å². The van der Waals surface area contributed by atoms with Gasteiger partial charge in [-0.2, -0.15) is 0 Å². The van der Waals surface area contributed by atoms with Crippen LogP contribution < -0.4 is 14.8 Å². The molecule has 1 N–H and O–H groups in total. The van der Waals surface area contributed by atoms with E-state index >= 15 is 0 Å². The third-order valence-electron chi connectivity index (χ3n) is 5.21. The summed E-state index contributed by atoms with van der Waals surface area (Å²) in [4.78, 5) is 15.8. The number of nitrogens with one attached hydrogen (secondary N) is 1. The summed E-state index contributed by atoms with van der Waals surface area (Å²) in [6, 6.07) is 6.18. The Morgan fingerprint density at radius 2 is 1.92 bits per heavy atom. The van der Waals surface area contributed by atoms with Crippen LogP contribution in [0.1, 0.15) is 22.5 Å². The fourth-order valence-corrected chi connectivity index (χ4v) is 4.89. The second-order valence-corrected chi connectivity index (χ2v) is 7.66. The standard InChI is InChI=1S/C17H18N2O3S.ClH/c20-17(18-12-8-19-3-1-10(12)2-4-19)16-6-11-5-13-14(22-9-21-13)7-15(11)23-16;/h5-7,10,12H,1-4,8-9H2,(H,18,20);1H/t12-;/m1./s1. The van der Waals surface area contributed by atoms with Crippen molar-refractivity contribution in [2.24, 2.45) is 5.92 Å². The van der Waals surface area contributed by atoms with Gasteiger partial charge in [0, 0.05) is 23.4 Å². The molecular formula is C17H19ClN2O3S. The number of benzene rings is 1. The van der Waals surface area contributed by atoms with Crippen LogP contribution in [-0.2, 0) is 0 Å². The quantitative estimate of drug-likeness (QED) is 0.888. The normalized spacial score (nSPS) is 27.1. The fourth-order valence-electron chi connectivity index (χ4n) is 3.91. The summed E-state index contributed by atoms with van der Waals surface area (Å²) in [5.41, 5.74) is 0. The van der Waals surface area contributed by atoms with Crippen molar-refractivity contribution in [2.45, 2.75) is 18.9 Å². The Kier molecular flexibility index (Phi) is 4.06. The Morgan fingerprint density at radius 3 is 2.62 bits per heavy atom. The largest absolute Gasteiger partial charge is 0.454 e. The SMILES string of the molecule is Cl.O=C(N[C@@H]1CN2CCC1CC2)c1cc2cc3c(cc2s1)OCO3. The predicted octanol–water partition coefficient (Wildman–Crippen LogP) is 2.88. The van der Waals surface area contributed by atoms with E-state index in [9.17, 15) is 4.79 Å². The highest BCUT2D eigenvalue weighted by molar-refractivity contribution is 7.20. The van der Waals surface area contributed by atoms with Gasteiger partial charge >= 0.3 is 0 Å². The zero-order valence-corrected chi connectivity index (χ0v) is 14.8. The maximum Gasteiger partial charge on any atom is 0.261 e. The lowest BCUT2D eigenvalue weighted by atomic mass is 9.84. The third-order valence-corrected chi connectivity index (χ3v) is 6.30. The number of halogens is 1. The minimum atomic E-state index is 0. The van der Waals surface area contributed by atoms with Crippen LogP contribution in [-0.4, -0.2) is 43.3 Å². The van der Waals surface area contributed by atoms with Gasteiger partial charge in [0.15, 0.2) is 11.5 Å². The Morgan fingerprint density at radius 1 is 1.17 bits per heavy atom. The summed E-state index contributed by atoms with van der Waals surface area (Å²) in [6.45, 7) is 3.65. The molecule has 0 radical (unpaired) electrons. The van der Waals surface area contributed by atoms with Crippen LogP contribution in [0.15, 0.2) is 18.2 Å². The molecule has 1 aromatic carbocycles. The van der Waals surface area contributed by atoms with Gasteiger partial charge in [-0.3, -0.25) is 4.79 Å². The highest BCUT2D eigenvalue weighted by Crippen LogP contribution is 2.39. The van der Waals surface area contributed by atoms with Crippen LogP contribution in [0.5, 0.6) is 11.5 Å². The lowest BCUT2D eigenvalue weighted by Gasteiger charge is -2.44. The van der Waals surface area contributed by atoms with E-state index in [2.05, 4.69) is 10.2 Å². The van der Waals surface area contributed by atoms with Gasteiger partial charge in [0.2, 0.25) is 6.79 Å². The summed E-state index contributed by atoms with van der Waals surface area (Å²) in [5, 5.41) is 4.29. The van der Waals surface area contributed by atoms with E-state index in [1.165, 1.54) is 37.3 Å². The van der Waals surface area contributed by atoms with Crippen LogP contribution >= 0.6 is 23.7 Å². The number of rotatable bonds is 2. The average molecular weight is 367 g/mol. The minimum Gasteiger partial charge on any atom is -0.454 e. The zero-order valence-electron chi connectivity index (χ0n) is 13.1. The molecule has 2 bridgehead atoms. The van der Waals surface area contributed by atoms with Gasteiger partial charge in [0.25, 0.3) is 5.91 Å². The highest BCUT2D eigenvalue weighted by atomic mass is 35.5. The van der Waals surface area contributed by atoms with Gasteiger partial charge in [-0.1, -0.05) is 0 Å². The number of amides is 1. The van der Waals surface area contributed by atoms with E-state index in [0.29, 0.717) is 12.0 Å². The Balaban J connectivity index is 0.00000146. The Labute approximate surface area is 150 Å². The fraction of sp³-hybridized carbons (Fsp3) is 0.471. The number of carbonyl (C=O) groups is 1. The molecule has 0 aliphatic carbocycles. The third kappa shape index (κ3) is 2.62. The van der Waals surface area contributed by atoms with Gasteiger partial charge in [-0.15, -0.1) is 23.7 Å². The van der Waals surface area contributed by atoms with Crippen molar-refractivity contribution in [1.29, 1.82) is 0 Å². The molecule has 3 fully saturated rings. The van der Waals surface area contributed by atoms with Crippen LogP contribution in [0.2, 0.25) is 0 Å².